The first-order chi connectivity index (χ1) is 12.2. The Morgan fingerprint density at radius 3 is 2.88 bits per heavy atom. The smallest absolute Gasteiger partial charge is 0.280 e. The molecule has 1 amide bonds. The molecule has 1 saturated heterocycles. The maximum absolute atomic E-state index is 13.2. The first-order valence-corrected chi connectivity index (χ1v) is 10.8. The lowest BCUT2D eigenvalue weighted by Gasteiger charge is -2.35. The summed E-state index contributed by atoms with van der Waals surface area (Å²) in [6.07, 6.45) is 0.191. The van der Waals surface area contributed by atoms with Crippen molar-refractivity contribution in [3.8, 4) is 0 Å². The van der Waals surface area contributed by atoms with Gasteiger partial charge in [0.2, 0.25) is 5.91 Å². The van der Waals surface area contributed by atoms with Gasteiger partial charge >= 0.3 is 0 Å². The van der Waals surface area contributed by atoms with Crippen molar-refractivity contribution in [1.29, 1.82) is 0 Å². The lowest BCUT2D eigenvalue weighted by molar-refractivity contribution is -0.120. The number of thiazole rings is 1. The Morgan fingerprint density at radius 2 is 2.27 bits per heavy atom. The highest BCUT2D eigenvalue weighted by Gasteiger charge is 2.41. The number of nitrogens with zero attached hydrogens (tertiary/aromatic N) is 2. The second kappa shape index (κ2) is 7.49. The standard InChI is InChI=1S/C14H13BrClFN4O3S2/c1-21-11(13(22)18-7-2-3-9(17)8(16)4-7)5-10(20-26(21,23)24)14-19-12(15)6-25-14/h2-4,6,10-11,20H,5H2,1H3,(H,18,22)/t10-,11+/m0/s1. The normalized spacial score (nSPS) is 22.9. The minimum atomic E-state index is -3.86. The number of amides is 1. The van der Waals surface area contributed by atoms with Gasteiger partial charge < -0.3 is 5.32 Å². The molecular formula is C14H13BrClFN4O3S2. The molecule has 3 rings (SSSR count). The predicted octanol–water partition coefficient (Wildman–Crippen LogP) is 2.92. The zero-order valence-electron chi connectivity index (χ0n) is 13.2. The van der Waals surface area contributed by atoms with E-state index >= 15 is 0 Å². The summed E-state index contributed by atoms with van der Waals surface area (Å²) in [4.78, 5) is 16.9. The van der Waals surface area contributed by atoms with Crippen LogP contribution in [0, 0.1) is 5.82 Å². The SMILES string of the molecule is CN1[C@@H](C(=O)Nc2ccc(F)c(Cl)c2)C[C@@H](c2nc(Br)cs2)NS1(=O)=O. The molecule has 140 valence electrons. The molecule has 2 aromatic rings. The molecule has 2 N–H and O–H groups in total. The van der Waals surface area contributed by atoms with Crippen molar-refractivity contribution in [2.75, 3.05) is 12.4 Å². The number of likely N-dealkylation sites (N-methyl/N-ethyl adjacent to an activating group) is 1. The molecule has 1 aliphatic heterocycles. The van der Waals surface area contributed by atoms with Crippen LogP contribution in [0.2, 0.25) is 5.02 Å². The van der Waals surface area contributed by atoms with Gasteiger partial charge in [0.15, 0.2) is 0 Å². The molecule has 0 bridgehead atoms. The largest absolute Gasteiger partial charge is 0.325 e. The molecule has 0 saturated carbocycles. The molecule has 0 spiro atoms. The molecule has 1 aromatic carbocycles. The zero-order chi connectivity index (χ0) is 19.1. The predicted molar refractivity (Wildman–Crippen MR) is 101 cm³/mol. The molecule has 0 unspecified atom stereocenters. The van der Waals surface area contributed by atoms with Crippen LogP contribution in [0.25, 0.3) is 0 Å². The van der Waals surface area contributed by atoms with E-state index < -0.39 is 34.0 Å². The number of hydrogen-bond donors (Lipinski definition) is 2. The molecule has 2 atom stereocenters. The Bertz CT molecular complexity index is 955. The Morgan fingerprint density at radius 1 is 1.54 bits per heavy atom. The maximum Gasteiger partial charge on any atom is 0.280 e. The summed E-state index contributed by atoms with van der Waals surface area (Å²) in [5.41, 5.74) is 0.277. The number of nitrogens with one attached hydrogen (secondary N) is 2. The minimum absolute atomic E-state index is 0.139. The van der Waals surface area contributed by atoms with Crippen molar-refractivity contribution in [3.05, 3.63) is 44.0 Å². The van der Waals surface area contributed by atoms with Gasteiger partial charge in [0, 0.05) is 18.1 Å². The van der Waals surface area contributed by atoms with Crippen molar-refractivity contribution in [1.82, 2.24) is 14.0 Å². The van der Waals surface area contributed by atoms with E-state index in [4.69, 9.17) is 11.6 Å². The molecule has 1 aliphatic rings. The van der Waals surface area contributed by atoms with Crippen LogP contribution in [0.5, 0.6) is 0 Å². The molecule has 1 fully saturated rings. The molecule has 0 radical (unpaired) electrons. The number of aromatic nitrogens is 1. The Balaban J connectivity index is 1.83. The Kier molecular flexibility index (Phi) is 5.66. The number of hydrogen-bond acceptors (Lipinski definition) is 5. The topological polar surface area (TPSA) is 91.4 Å². The van der Waals surface area contributed by atoms with E-state index in [1.165, 1.54) is 30.5 Å². The van der Waals surface area contributed by atoms with E-state index in [2.05, 4.69) is 31.0 Å². The zero-order valence-corrected chi connectivity index (χ0v) is 17.2. The van der Waals surface area contributed by atoms with Crippen LogP contribution < -0.4 is 10.0 Å². The summed E-state index contributed by atoms with van der Waals surface area (Å²) >= 11 is 10.2. The van der Waals surface area contributed by atoms with E-state index in [0.717, 1.165) is 10.4 Å². The third kappa shape index (κ3) is 4.07. The van der Waals surface area contributed by atoms with Crippen LogP contribution in [0.4, 0.5) is 10.1 Å². The second-order valence-electron chi connectivity index (χ2n) is 5.57. The van der Waals surface area contributed by atoms with Crippen LogP contribution in [-0.4, -0.2) is 36.7 Å². The summed E-state index contributed by atoms with van der Waals surface area (Å²) in [6.45, 7) is 0. The van der Waals surface area contributed by atoms with Gasteiger partial charge in [-0.1, -0.05) is 11.6 Å². The Hall–Kier alpha value is -1.11. The van der Waals surface area contributed by atoms with Gasteiger partial charge in [0.1, 0.15) is 21.5 Å². The summed E-state index contributed by atoms with van der Waals surface area (Å²) in [5, 5.41) is 4.72. The number of benzene rings is 1. The molecule has 0 aliphatic carbocycles. The summed E-state index contributed by atoms with van der Waals surface area (Å²) in [7, 11) is -2.55. The van der Waals surface area contributed by atoms with Crippen LogP contribution >= 0.6 is 38.9 Å². The molecule has 2 heterocycles. The van der Waals surface area contributed by atoms with Gasteiger partial charge in [-0.05, 0) is 40.5 Å². The molecule has 26 heavy (non-hydrogen) atoms. The van der Waals surface area contributed by atoms with E-state index in [-0.39, 0.29) is 17.1 Å². The van der Waals surface area contributed by atoms with Crippen LogP contribution in [0.15, 0.2) is 28.2 Å². The van der Waals surface area contributed by atoms with Gasteiger partial charge in [-0.3, -0.25) is 4.79 Å². The highest BCUT2D eigenvalue weighted by Crippen LogP contribution is 2.31. The second-order valence-corrected chi connectivity index (χ2v) is 9.44. The van der Waals surface area contributed by atoms with Gasteiger partial charge in [-0.25, -0.2) is 9.37 Å². The molecule has 12 heteroatoms. The van der Waals surface area contributed by atoms with Crippen LogP contribution in [0.1, 0.15) is 17.5 Å². The number of anilines is 1. The van der Waals surface area contributed by atoms with Crippen molar-refractivity contribution < 1.29 is 17.6 Å². The summed E-state index contributed by atoms with van der Waals surface area (Å²) < 4.78 is 42.1. The Labute approximate surface area is 166 Å². The number of carbonyl (C=O) groups is 1. The van der Waals surface area contributed by atoms with Crippen molar-refractivity contribution in [2.24, 2.45) is 0 Å². The lowest BCUT2D eigenvalue weighted by atomic mass is 10.1. The third-order valence-electron chi connectivity index (χ3n) is 3.85. The lowest BCUT2D eigenvalue weighted by Crippen LogP contribution is -2.55. The third-order valence-corrected chi connectivity index (χ3v) is 7.40. The van der Waals surface area contributed by atoms with E-state index in [1.807, 2.05) is 0 Å². The quantitative estimate of drug-likeness (QED) is 0.702. The van der Waals surface area contributed by atoms with Crippen molar-refractivity contribution >= 4 is 60.7 Å². The van der Waals surface area contributed by atoms with Gasteiger partial charge in [-0.2, -0.15) is 17.4 Å². The number of carbonyl (C=O) groups excluding carboxylic acids is 1. The average molecular weight is 484 g/mol. The van der Waals surface area contributed by atoms with Crippen molar-refractivity contribution in [2.45, 2.75) is 18.5 Å². The van der Waals surface area contributed by atoms with E-state index in [0.29, 0.717) is 9.61 Å². The van der Waals surface area contributed by atoms with Gasteiger partial charge in [0.25, 0.3) is 10.2 Å². The number of rotatable bonds is 3. The van der Waals surface area contributed by atoms with Crippen LogP contribution in [0.3, 0.4) is 0 Å². The summed E-state index contributed by atoms with van der Waals surface area (Å²) in [6, 6.07) is 2.15. The molecule has 7 nitrogen and oxygen atoms in total. The molecular weight excluding hydrogens is 471 g/mol. The maximum atomic E-state index is 13.2. The van der Waals surface area contributed by atoms with E-state index in [1.54, 1.807) is 5.38 Å². The first kappa shape index (κ1) is 19.6. The van der Waals surface area contributed by atoms with Gasteiger partial charge in [0.05, 0.1) is 11.1 Å². The highest BCUT2D eigenvalue weighted by molar-refractivity contribution is 9.10. The van der Waals surface area contributed by atoms with Gasteiger partial charge in [-0.15, -0.1) is 11.3 Å². The van der Waals surface area contributed by atoms with Crippen LogP contribution in [-0.2, 0) is 15.0 Å². The fourth-order valence-corrected chi connectivity index (χ4v) is 5.34. The number of halogens is 3. The monoisotopic (exact) mass is 482 g/mol. The molecule has 1 aromatic heterocycles. The average Bonchev–Trinajstić information content (AvgIpc) is 2.99. The van der Waals surface area contributed by atoms with Crippen molar-refractivity contribution in [3.63, 3.8) is 0 Å². The minimum Gasteiger partial charge on any atom is -0.325 e. The van der Waals surface area contributed by atoms with E-state index in [9.17, 15) is 17.6 Å². The fourth-order valence-electron chi connectivity index (χ4n) is 2.50. The highest BCUT2D eigenvalue weighted by atomic mass is 79.9. The first-order valence-electron chi connectivity index (χ1n) is 7.29. The fraction of sp³-hybridized carbons (Fsp3) is 0.286. The summed E-state index contributed by atoms with van der Waals surface area (Å²) in [5.74, 6) is -1.15.